The number of carbonyl (C=O) groups is 2. The highest BCUT2D eigenvalue weighted by molar-refractivity contribution is 6.06. The van der Waals surface area contributed by atoms with Crippen LogP contribution in [0.1, 0.15) is 35.0 Å². The van der Waals surface area contributed by atoms with E-state index in [0.29, 0.717) is 5.69 Å². The highest BCUT2D eigenvalue weighted by Crippen LogP contribution is 2.32. The number of aryl methyl sites for hydroxylation is 2. The van der Waals surface area contributed by atoms with E-state index in [0.717, 1.165) is 23.2 Å². The zero-order chi connectivity index (χ0) is 22.0. The molecule has 1 unspecified atom stereocenters. The fraction of sp³-hybridized carbons (Fsp3) is 0.250. The molecule has 7 nitrogen and oxygen atoms in total. The summed E-state index contributed by atoms with van der Waals surface area (Å²) in [5.74, 6) is -0.478. The van der Waals surface area contributed by atoms with Crippen LogP contribution in [0.5, 0.6) is 0 Å². The highest BCUT2D eigenvalue weighted by atomic mass is 16.2. The SMILES string of the molecule is Cc1cccc(NC(=O)CCn2nc(C(=O)N3c4ccccc4CC3C)ccc2=O)c1. The molecule has 1 N–H and O–H groups in total. The molecular formula is C24H24N4O3. The van der Waals surface area contributed by atoms with Crippen LogP contribution in [0, 0.1) is 6.92 Å². The molecule has 2 heterocycles. The number of hydrogen-bond acceptors (Lipinski definition) is 4. The van der Waals surface area contributed by atoms with Crippen LogP contribution in [0.15, 0.2) is 65.5 Å². The minimum atomic E-state index is -0.352. The summed E-state index contributed by atoms with van der Waals surface area (Å²) in [6.45, 7) is 4.02. The van der Waals surface area contributed by atoms with E-state index in [1.807, 2.05) is 62.4 Å². The number of carbonyl (C=O) groups excluding carboxylic acids is 2. The number of anilines is 2. The van der Waals surface area contributed by atoms with E-state index in [1.165, 1.54) is 16.8 Å². The van der Waals surface area contributed by atoms with Crippen molar-refractivity contribution in [2.45, 2.75) is 39.3 Å². The molecule has 0 fully saturated rings. The van der Waals surface area contributed by atoms with Crippen molar-refractivity contribution in [1.29, 1.82) is 0 Å². The van der Waals surface area contributed by atoms with Crippen molar-refractivity contribution in [3.8, 4) is 0 Å². The maximum absolute atomic E-state index is 13.2. The van der Waals surface area contributed by atoms with Gasteiger partial charge in [-0.15, -0.1) is 0 Å². The van der Waals surface area contributed by atoms with E-state index < -0.39 is 0 Å². The van der Waals surface area contributed by atoms with Crippen LogP contribution in [-0.4, -0.2) is 27.6 Å². The summed E-state index contributed by atoms with van der Waals surface area (Å²) in [6, 6.07) is 18.1. The lowest BCUT2D eigenvalue weighted by Crippen LogP contribution is -2.37. The average Bonchev–Trinajstić information content (AvgIpc) is 3.08. The molecule has 7 heteroatoms. The van der Waals surface area contributed by atoms with Crippen LogP contribution in [0.25, 0.3) is 0 Å². The average molecular weight is 416 g/mol. The molecule has 1 aliphatic heterocycles. The van der Waals surface area contributed by atoms with Gasteiger partial charge in [0.25, 0.3) is 11.5 Å². The monoisotopic (exact) mass is 416 g/mol. The Balaban J connectivity index is 1.48. The first kappa shape index (κ1) is 20.5. The zero-order valence-corrected chi connectivity index (χ0v) is 17.5. The third-order valence-electron chi connectivity index (χ3n) is 5.36. The summed E-state index contributed by atoms with van der Waals surface area (Å²) in [5.41, 5.74) is 3.56. The maximum Gasteiger partial charge on any atom is 0.278 e. The van der Waals surface area contributed by atoms with E-state index in [9.17, 15) is 14.4 Å². The van der Waals surface area contributed by atoms with Crippen molar-refractivity contribution in [2.75, 3.05) is 10.2 Å². The minimum absolute atomic E-state index is 0.00665. The lowest BCUT2D eigenvalue weighted by atomic mass is 10.1. The normalized spacial score (nSPS) is 14.9. The van der Waals surface area contributed by atoms with Gasteiger partial charge in [0, 0.05) is 29.9 Å². The molecular weight excluding hydrogens is 392 g/mol. The molecule has 4 rings (SSSR count). The molecule has 1 atom stereocenters. The summed E-state index contributed by atoms with van der Waals surface area (Å²) < 4.78 is 1.18. The van der Waals surface area contributed by atoms with Crippen molar-refractivity contribution in [2.24, 2.45) is 0 Å². The summed E-state index contributed by atoms with van der Waals surface area (Å²) in [5, 5.41) is 7.06. The van der Waals surface area contributed by atoms with Crippen molar-refractivity contribution in [3.63, 3.8) is 0 Å². The first-order valence-corrected chi connectivity index (χ1v) is 10.3. The number of amides is 2. The second kappa shape index (κ2) is 8.55. The number of para-hydroxylation sites is 1. The number of fused-ring (bicyclic) bond motifs is 1. The Morgan fingerprint density at radius 3 is 2.71 bits per heavy atom. The second-order valence-corrected chi connectivity index (χ2v) is 7.80. The van der Waals surface area contributed by atoms with Crippen molar-refractivity contribution >= 4 is 23.2 Å². The Kier molecular flexibility index (Phi) is 5.66. The molecule has 2 amide bonds. The van der Waals surface area contributed by atoms with Crippen LogP contribution in [-0.2, 0) is 17.8 Å². The van der Waals surface area contributed by atoms with Gasteiger partial charge < -0.3 is 10.2 Å². The zero-order valence-electron chi connectivity index (χ0n) is 17.5. The van der Waals surface area contributed by atoms with Crippen LogP contribution >= 0.6 is 0 Å². The summed E-state index contributed by atoms with van der Waals surface area (Å²) in [6.07, 6.45) is 0.849. The van der Waals surface area contributed by atoms with Gasteiger partial charge in [-0.25, -0.2) is 4.68 Å². The quantitative estimate of drug-likeness (QED) is 0.692. The third kappa shape index (κ3) is 4.40. The van der Waals surface area contributed by atoms with Gasteiger partial charge in [-0.05, 0) is 55.7 Å². The molecule has 31 heavy (non-hydrogen) atoms. The van der Waals surface area contributed by atoms with Gasteiger partial charge >= 0.3 is 0 Å². The highest BCUT2D eigenvalue weighted by Gasteiger charge is 2.32. The van der Waals surface area contributed by atoms with Gasteiger partial charge in [0.1, 0.15) is 5.69 Å². The van der Waals surface area contributed by atoms with Crippen molar-refractivity contribution < 1.29 is 9.59 Å². The lowest BCUT2D eigenvalue weighted by Gasteiger charge is -2.22. The summed E-state index contributed by atoms with van der Waals surface area (Å²) >= 11 is 0. The largest absolute Gasteiger partial charge is 0.326 e. The van der Waals surface area contributed by atoms with E-state index in [4.69, 9.17) is 0 Å². The molecule has 3 aromatic rings. The molecule has 1 aliphatic rings. The first-order valence-electron chi connectivity index (χ1n) is 10.3. The second-order valence-electron chi connectivity index (χ2n) is 7.80. The molecule has 0 saturated carbocycles. The molecule has 1 aromatic heterocycles. The number of aromatic nitrogens is 2. The van der Waals surface area contributed by atoms with Gasteiger partial charge in [0.05, 0.1) is 6.54 Å². The van der Waals surface area contributed by atoms with Gasteiger partial charge in [-0.3, -0.25) is 14.4 Å². The number of nitrogens with zero attached hydrogens (tertiary/aromatic N) is 3. The molecule has 2 aromatic carbocycles. The first-order chi connectivity index (χ1) is 14.9. The van der Waals surface area contributed by atoms with Gasteiger partial charge in [0.2, 0.25) is 5.91 Å². The van der Waals surface area contributed by atoms with E-state index in [-0.39, 0.29) is 42.1 Å². The van der Waals surface area contributed by atoms with Crippen LogP contribution in [0.3, 0.4) is 0 Å². The van der Waals surface area contributed by atoms with Gasteiger partial charge in [0.15, 0.2) is 0 Å². The van der Waals surface area contributed by atoms with Crippen molar-refractivity contribution in [1.82, 2.24) is 9.78 Å². The number of hydrogen-bond donors (Lipinski definition) is 1. The lowest BCUT2D eigenvalue weighted by molar-refractivity contribution is -0.116. The summed E-state index contributed by atoms with van der Waals surface area (Å²) in [7, 11) is 0. The van der Waals surface area contributed by atoms with Crippen molar-refractivity contribution in [3.05, 3.63) is 87.8 Å². The molecule has 0 aliphatic carbocycles. The molecule has 0 saturated heterocycles. The van der Waals surface area contributed by atoms with Gasteiger partial charge in [-0.1, -0.05) is 30.3 Å². The topological polar surface area (TPSA) is 84.3 Å². The van der Waals surface area contributed by atoms with Crippen LogP contribution < -0.4 is 15.8 Å². The Hall–Kier alpha value is -3.74. The Labute approximate surface area is 180 Å². The Morgan fingerprint density at radius 2 is 1.90 bits per heavy atom. The Bertz CT molecular complexity index is 1200. The molecule has 0 bridgehead atoms. The molecule has 0 radical (unpaired) electrons. The van der Waals surface area contributed by atoms with Gasteiger partial charge in [-0.2, -0.15) is 5.10 Å². The van der Waals surface area contributed by atoms with Crippen LogP contribution in [0.4, 0.5) is 11.4 Å². The fourth-order valence-corrected chi connectivity index (χ4v) is 3.88. The standard InChI is InChI=1S/C24H24N4O3/c1-16-6-5-8-19(14-16)25-22(29)12-13-27-23(30)11-10-20(26-27)24(31)28-17(2)15-18-7-3-4-9-21(18)28/h3-11,14,17H,12-13,15H2,1-2H3,(H,25,29). The van der Waals surface area contributed by atoms with E-state index in [2.05, 4.69) is 10.4 Å². The Morgan fingerprint density at radius 1 is 1.10 bits per heavy atom. The van der Waals surface area contributed by atoms with Crippen LogP contribution in [0.2, 0.25) is 0 Å². The minimum Gasteiger partial charge on any atom is -0.326 e. The maximum atomic E-state index is 13.2. The predicted molar refractivity (Wildman–Crippen MR) is 119 cm³/mol. The van der Waals surface area contributed by atoms with E-state index >= 15 is 0 Å². The molecule has 0 spiro atoms. The number of rotatable bonds is 5. The number of benzene rings is 2. The number of nitrogens with one attached hydrogen (secondary N) is 1. The smallest absolute Gasteiger partial charge is 0.278 e. The predicted octanol–water partition coefficient (Wildman–Crippen LogP) is 3.17. The third-order valence-corrected chi connectivity index (χ3v) is 5.36. The molecule has 158 valence electrons. The fourth-order valence-electron chi connectivity index (χ4n) is 3.88. The summed E-state index contributed by atoms with van der Waals surface area (Å²) in [4.78, 5) is 39.4. The van der Waals surface area contributed by atoms with E-state index in [1.54, 1.807) is 4.90 Å².